The largest absolute Gasteiger partial charge is 1.00 e. The van der Waals surface area contributed by atoms with Crippen molar-refractivity contribution in [1.29, 1.82) is 0 Å². The Hall–Kier alpha value is 0.870. The van der Waals surface area contributed by atoms with Gasteiger partial charge in [-0.1, -0.05) is 103 Å². The molecule has 28 heavy (non-hydrogen) atoms. The van der Waals surface area contributed by atoms with Gasteiger partial charge in [-0.25, -0.2) is 8.42 Å². The third kappa shape index (κ3) is 21.6. The van der Waals surface area contributed by atoms with Crippen LogP contribution >= 0.6 is 0 Å². The first kappa shape index (κ1) is 31.1. The van der Waals surface area contributed by atoms with E-state index < -0.39 is 21.5 Å². The van der Waals surface area contributed by atoms with Crippen LogP contribution in [-0.2, 0) is 10.1 Å². The predicted octanol–water partition coefficient (Wildman–Crippen LogP) is 3.33. The Morgan fingerprint density at radius 3 is 1.39 bits per heavy atom. The fourth-order valence-corrected chi connectivity index (χ4v) is 3.89. The second kappa shape index (κ2) is 21.1. The zero-order valence-electron chi connectivity index (χ0n) is 19.0. The molecule has 0 fully saturated rings. The molecule has 0 radical (unpaired) electrons. The summed E-state index contributed by atoms with van der Waals surface area (Å²) in [7, 11) is -4.21. The molecule has 0 saturated carbocycles. The maximum atomic E-state index is 10.8. The SMILES string of the molecule is CCCCCCCCCCCCCCCCCC(O)CCC(C)S(=O)(=O)[O-].[Na+]. The fourth-order valence-electron chi connectivity index (χ4n) is 3.47. The van der Waals surface area contributed by atoms with Crippen molar-refractivity contribution in [3.63, 3.8) is 0 Å². The van der Waals surface area contributed by atoms with Gasteiger partial charge in [-0.15, -0.1) is 0 Å². The summed E-state index contributed by atoms with van der Waals surface area (Å²) in [5, 5.41) is 8.98. The molecule has 1 N–H and O–H groups in total. The van der Waals surface area contributed by atoms with Crippen molar-refractivity contribution in [1.82, 2.24) is 0 Å². The van der Waals surface area contributed by atoms with Gasteiger partial charge in [-0.05, 0) is 26.2 Å². The zero-order valence-corrected chi connectivity index (χ0v) is 21.8. The van der Waals surface area contributed by atoms with Crippen molar-refractivity contribution in [3.05, 3.63) is 0 Å². The second-order valence-corrected chi connectivity index (χ2v) is 10.1. The summed E-state index contributed by atoms with van der Waals surface area (Å²) < 4.78 is 32.4. The molecule has 6 heteroatoms. The molecule has 0 aliphatic carbocycles. The van der Waals surface area contributed by atoms with E-state index in [4.69, 9.17) is 0 Å². The molecule has 0 aliphatic rings. The van der Waals surface area contributed by atoms with Crippen molar-refractivity contribution in [3.8, 4) is 0 Å². The summed E-state index contributed by atoms with van der Waals surface area (Å²) in [6.45, 7) is 3.68. The Balaban J connectivity index is 0. The summed E-state index contributed by atoms with van der Waals surface area (Å²) >= 11 is 0. The van der Waals surface area contributed by atoms with Gasteiger partial charge in [0.05, 0.1) is 16.2 Å². The molecule has 0 aromatic carbocycles. The molecule has 4 nitrogen and oxygen atoms in total. The first-order valence-electron chi connectivity index (χ1n) is 11.5. The van der Waals surface area contributed by atoms with Crippen LogP contribution in [0.1, 0.15) is 129 Å². The average Bonchev–Trinajstić information content (AvgIpc) is 2.62. The third-order valence-corrected chi connectivity index (χ3v) is 6.76. The monoisotopic (exact) mass is 428 g/mol. The Bertz CT molecular complexity index is 415. The maximum absolute atomic E-state index is 10.8. The normalized spacial score (nSPS) is 13.9. The van der Waals surface area contributed by atoms with Crippen LogP contribution < -0.4 is 29.6 Å². The molecule has 2 unspecified atom stereocenters. The second-order valence-electron chi connectivity index (χ2n) is 8.27. The molecule has 0 amide bonds. The Morgan fingerprint density at radius 1 is 0.679 bits per heavy atom. The summed E-state index contributed by atoms with van der Waals surface area (Å²) in [4.78, 5) is 0. The minimum atomic E-state index is -4.21. The predicted molar refractivity (Wildman–Crippen MR) is 114 cm³/mol. The van der Waals surface area contributed by atoms with Crippen LogP contribution in [0, 0.1) is 0 Å². The molecule has 0 aromatic rings. The molecule has 0 rings (SSSR count). The van der Waals surface area contributed by atoms with E-state index in [9.17, 15) is 18.1 Å². The van der Waals surface area contributed by atoms with Crippen molar-refractivity contribution in [2.45, 2.75) is 141 Å². The number of rotatable bonds is 20. The van der Waals surface area contributed by atoms with E-state index in [0.29, 0.717) is 12.8 Å². The molecule has 0 saturated heterocycles. The molecule has 0 spiro atoms. The number of hydrogen-bond donors (Lipinski definition) is 1. The van der Waals surface area contributed by atoms with E-state index in [0.717, 1.165) is 12.8 Å². The van der Waals surface area contributed by atoms with E-state index >= 15 is 0 Å². The van der Waals surface area contributed by atoms with Crippen LogP contribution in [0.3, 0.4) is 0 Å². The van der Waals surface area contributed by atoms with Gasteiger partial charge in [0.15, 0.2) is 0 Å². The molecule has 0 aliphatic heterocycles. The zero-order chi connectivity index (χ0) is 20.4. The van der Waals surface area contributed by atoms with Gasteiger partial charge in [0.1, 0.15) is 0 Å². The van der Waals surface area contributed by atoms with Crippen LogP contribution in [0.15, 0.2) is 0 Å². The van der Waals surface area contributed by atoms with Gasteiger partial charge in [0, 0.05) is 5.25 Å². The number of unbranched alkanes of at least 4 members (excludes halogenated alkanes) is 14. The van der Waals surface area contributed by atoms with Crippen LogP contribution in [-0.4, -0.2) is 29.4 Å². The van der Waals surface area contributed by atoms with Gasteiger partial charge >= 0.3 is 29.6 Å². The first-order valence-corrected chi connectivity index (χ1v) is 13.0. The molecule has 0 aromatic heterocycles. The standard InChI is InChI=1S/C22H46O4S.Na/c1-3-4-5-6-7-8-9-10-11-12-13-14-15-16-17-18-22(23)20-19-21(2)27(24,25)26;/h21-23H,3-20H2,1-2H3,(H,24,25,26);/q;+1/p-1. The molecule has 2 atom stereocenters. The first-order chi connectivity index (χ1) is 12.9. The number of aliphatic hydroxyl groups excluding tert-OH is 1. The van der Waals surface area contributed by atoms with Gasteiger partial charge in [-0.3, -0.25) is 0 Å². The third-order valence-electron chi connectivity index (χ3n) is 5.54. The van der Waals surface area contributed by atoms with E-state index in [1.165, 1.54) is 90.4 Å². The van der Waals surface area contributed by atoms with Gasteiger partial charge in [-0.2, -0.15) is 0 Å². The van der Waals surface area contributed by atoms with Gasteiger partial charge in [0.25, 0.3) is 0 Å². The van der Waals surface area contributed by atoms with E-state index in [2.05, 4.69) is 6.92 Å². The number of hydrogen-bond acceptors (Lipinski definition) is 4. The molecule has 0 bridgehead atoms. The average molecular weight is 429 g/mol. The van der Waals surface area contributed by atoms with Crippen LogP contribution in [0.25, 0.3) is 0 Å². The van der Waals surface area contributed by atoms with Crippen molar-refractivity contribution in [2.24, 2.45) is 0 Å². The Labute approximate surface area is 197 Å². The van der Waals surface area contributed by atoms with E-state index in [1.807, 2.05) is 0 Å². The molecular weight excluding hydrogens is 383 g/mol. The minimum Gasteiger partial charge on any atom is -0.748 e. The van der Waals surface area contributed by atoms with E-state index in [1.54, 1.807) is 0 Å². The van der Waals surface area contributed by atoms with Crippen molar-refractivity contribution in [2.75, 3.05) is 0 Å². The minimum absolute atomic E-state index is 0. The summed E-state index contributed by atoms with van der Waals surface area (Å²) in [6.07, 6.45) is 20.7. The van der Waals surface area contributed by atoms with Crippen molar-refractivity contribution >= 4 is 10.1 Å². The molecule has 164 valence electrons. The number of aliphatic hydroxyl groups is 1. The van der Waals surface area contributed by atoms with Crippen LogP contribution in [0.2, 0.25) is 0 Å². The fraction of sp³-hybridized carbons (Fsp3) is 1.00. The van der Waals surface area contributed by atoms with Crippen molar-refractivity contribution < 1.29 is 47.6 Å². The summed E-state index contributed by atoms with van der Waals surface area (Å²) in [6, 6.07) is 0. The molecule has 0 heterocycles. The summed E-state index contributed by atoms with van der Waals surface area (Å²) in [5.41, 5.74) is 0. The smallest absolute Gasteiger partial charge is 0.748 e. The van der Waals surface area contributed by atoms with Gasteiger partial charge in [0.2, 0.25) is 0 Å². The quantitative estimate of drug-likeness (QED) is 0.183. The van der Waals surface area contributed by atoms with Crippen LogP contribution in [0.5, 0.6) is 0 Å². The Morgan fingerprint density at radius 2 is 1.04 bits per heavy atom. The van der Waals surface area contributed by atoms with Gasteiger partial charge < -0.3 is 9.66 Å². The van der Waals surface area contributed by atoms with E-state index in [-0.39, 0.29) is 36.0 Å². The summed E-state index contributed by atoms with van der Waals surface area (Å²) in [5.74, 6) is 0. The topological polar surface area (TPSA) is 77.4 Å². The maximum Gasteiger partial charge on any atom is 1.00 e. The molecular formula is C22H45NaO4S. The Kier molecular flexibility index (Phi) is 23.4. The van der Waals surface area contributed by atoms with Crippen LogP contribution in [0.4, 0.5) is 0 Å².